The molecule has 1 fully saturated rings. The van der Waals surface area contributed by atoms with Crippen LogP contribution in [-0.2, 0) is 16.1 Å². The molecule has 4 rings (SSSR count). The number of benzene rings is 2. The van der Waals surface area contributed by atoms with Crippen LogP contribution in [0.1, 0.15) is 30.9 Å². The maximum absolute atomic E-state index is 13.4. The van der Waals surface area contributed by atoms with Gasteiger partial charge in [0, 0.05) is 30.2 Å². The van der Waals surface area contributed by atoms with Crippen molar-refractivity contribution < 1.29 is 14.5 Å². The van der Waals surface area contributed by atoms with Gasteiger partial charge in [-0.3, -0.25) is 24.6 Å². The highest BCUT2D eigenvalue weighted by Crippen LogP contribution is 2.35. The summed E-state index contributed by atoms with van der Waals surface area (Å²) in [5.74, 6) is -0.151. The second kappa shape index (κ2) is 8.51. The molecular weight excluding hydrogens is 418 g/mol. The fourth-order valence-corrected chi connectivity index (χ4v) is 4.14. The normalized spacial score (nSPS) is 17.6. The first-order chi connectivity index (χ1) is 14.8. The van der Waals surface area contributed by atoms with E-state index in [0.717, 1.165) is 18.4 Å². The van der Waals surface area contributed by atoms with Gasteiger partial charge in [-0.1, -0.05) is 30.7 Å². The summed E-state index contributed by atoms with van der Waals surface area (Å²) in [6.07, 6.45) is 1.88. The zero-order valence-electron chi connectivity index (χ0n) is 17.1. The number of imide groups is 1. The van der Waals surface area contributed by atoms with E-state index in [0.29, 0.717) is 40.9 Å². The third-order valence-electron chi connectivity index (χ3n) is 5.86. The number of likely N-dealkylation sites (tertiary alicyclic amines) is 1. The Hall–Kier alpha value is -3.19. The maximum Gasteiger partial charge on any atom is 0.278 e. The Kier molecular flexibility index (Phi) is 5.78. The molecule has 1 saturated heterocycles. The summed E-state index contributed by atoms with van der Waals surface area (Å²) < 4.78 is 0. The summed E-state index contributed by atoms with van der Waals surface area (Å²) in [7, 11) is 0. The van der Waals surface area contributed by atoms with Crippen molar-refractivity contribution >= 4 is 34.7 Å². The van der Waals surface area contributed by atoms with E-state index in [1.807, 2.05) is 4.90 Å². The summed E-state index contributed by atoms with van der Waals surface area (Å²) >= 11 is 5.95. The first kappa shape index (κ1) is 21.1. The number of nitro benzene ring substituents is 1. The lowest BCUT2D eigenvalue weighted by Gasteiger charge is -2.32. The molecule has 2 heterocycles. The number of nitrogens with zero attached hydrogens (tertiary/aromatic N) is 3. The summed E-state index contributed by atoms with van der Waals surface area (Å²) in [4.78, 5) is 40.5. The van der Waals surface area contributed by atoms with Crippen molar-refractivity contribution in [1.29, 1.82) is 0 Å². The third-order valence-corrected chi connectivity index (χ3v) is 6.12. The number of carbonyl (C=O) groups is 2. The lowest BCUT2D eigenvalue weighted by atomic mass is 9.97. The molecule has 2 aromatic carbocycles. The molecule has 2 amide bonds. The molecule has 0 radical (unpaired) electrons. The van der Waals surface area contributed by atoms with Gasteiger partial charge in [-0.05, 0) is 54.2 Å². The zero-order chi connectivity index (χ0) is 22.1. The molecule has 2 aliphatic heterocycles. The second-order valence-electron chi connectivity index (χ2n) is 8.02. The standard InChI is InChI=1S/C23H22ClN3O4/c1-15-10-12-25(13-11-15)21-20(17-4-8-19(9-5-17)27(30)31)22(28)26(23(21)29)14-16-2-6-18(24)7-3-16/h2-9,15H,10-14H2,1H3. The van der Waals surface area contributed by atoms with Crippen LogP contribution in [0.3, 0.4) is 0 Å². The number of halogens is 1. The van der Waals surface area contributed by atoms with E-state index in [4.69, 9.17) is 11.6 Å². The van der Waals surface area contributed by atoms with E-state index in [1.165, 1.54) is 29.2 Å². The van der Waals surface area contributed by atoms with Gasteiger partial charge in [-0.2, -0.15) is 0 Å². The average Bonchev–Trinajstić information content (AvgIpc) is 3.00. The number of rotatable bonds is 5. The van der Waals surface area contributed by atoms with Gasteiger partial charge in [0.25, 0.3) is 17.5 Å². The quantitative estimate of drug-likeness (QED) is 0.395. The van der Waals surface area contributed by atoms with Crippen LogP contribution >= 0.6 is 11.6 Å². The van der Waals surface area contributed by atoms with Gasteiger partial charge < -0.3 is 4.90 Å². The van der Waals surface area contributed by atoms with Gasteiger partial charge in [-0.15, -0.1) is 0 Å². The number of non-ortho nitro benzene ring substituents is 1. The second-order valence-corrected chi connectivity index (χ2v) is 8.46. The highest BCUT2D eigenvalue weighted by atomic mass is 35.5. The Morgan fingerprint density at radius 1 is 1.00 bits per heavy atom. The number of piperidine rings is 1. The van der Waals surface area contributed by atoms with Gasteiger partial charge in [0.2, 0.25) is 0 Å². The molecule has 0 spiro atoms. The molecule has 0 atom stereocenters. The topological polar surface area (TPSA) is 83.8 Å². The van der Waals surface area contributed by atoms with Gasteiger partial charge in [0.15, 0.2) is 0 Å². The molecule has 0 unspecified atom stereocenters. The highest BCUT2D eigenvalue weighted by molar-refractivity contribution is 6.35. The molecule has 0 aromatic heterocycles. The highest BCUT2D eigenvalue weighted by Gasteiger charge is 2.42. The van der Waals surface area contributed by atoms with Gasteiger partial charge >= 0.3 is 0 Å². The number of hydrogen-bond acceptors (Lipinski definition) is 5. The minimum absolute atomic E-state index is 0.0625. The van der Waals surface area contributed by atoms with Crippen molar-refractivity contribution in [2.75, 3.05) is 13.1 Å². The van der Waals surface area contributed by atoms with Crippen molar-refractivity contribution in [2.24, 2.45) is 5.92 Å². The molecule has 0 saturated carbocycles. The van der Waals surface area contributed by atoms with Crippen molar-refractivity contribution in [1.82, 2.24) is 9.80 Å². The van der Waals surface area contributed by atoms with Crippen LogP contribution in [0.15, 0.2) is 54.2 Å². The fourth-order valence-electron chi connectivity index (χ4n) is 4.01. The Morgan fingerprint density at radius 3 is 2.19 bits per heavy atom. The van der Waals surface area contributed by atoms with E-state index in [9.17, 15) is 19.7 Å². The van der Waals surface area contributed by atoms with Gasteiger partial charge in [-0.25, -0.2) is 0 Å². The number of hydrogen-bond donors (Lipinski definition) is 0. The Morgan fingerprint density at radius 2 is 1.61 bits per heavy atom. The molecule has 31 heavy (non-hydrogen) atoms. The number of nitro groups is 1. The molecule has 0 N–H and O–H groups in total. The lowest BCUT2D eigenvalue weighted by molar-refractivity contribution is -0.384. The summed E-state index contributed by atoms with van der Waals surface area (Å²) in [6, 6.07) is 12.8. The first-order valence-corrected chi connectivity index (χ1v) is 10.6. The minimum atomic E-state index is -0.487. The summed E-state index contributed by atoms with van der Waals surface area (Å²) in [6.45, 7) is 3.71. The maximum atomic E-state index is 13.4. The minimum Gasteiger partial charge on any atom is -0.366 e. The predicted octanol–water partition coefficient (Wildman–Crippen LogP) is 4.26. The van der Waals surface area contributed by atoms with Crippen LogP contribution in [0, 0.1) is 16.0 Å². The summed E-state index contributed by atoms with van der Waals surface area (Å²) in [5, 5.41) is 11.6. The van der Waals surface area contributed by atoms with Crippen molar-refractivity contribution in [3.05, 3.63) is 80.5 Å². The molecule has 0 aliphatic carbocycles. The number of carbonyl (C=O) groups excluding carboxylic acids is 2. The first-order valence-electron chi connectivity index (χ1n) is 10.2. The number of amides is 2. The molecule has 0 bridgehead atoms. The fraction of sp³-hybridized carbons (Fsp3) is 0.304. The van der Waals surface area contributed by atoms with E-state index < -0.39 is 4.92 Å². The van der Waals surface area contributed by atoms with E-state index >= 15 is 0 Å². The monoisotopic (exact) mass is 439 g/mol. The van der Waals surface area contributed by atoms with Crippen LogP contribution in [0.4, 0.5) is 5.69 Å². The van der Waals surface area contributed by atoms with Crippen molar-refractivity contribution in [2.45, 2.75) is 26.3 Å². The van der Waals surface area contributed by atoms with Crippen LogP contribution in [0.5, 0.6) is 0 Å². The molecule has 160 valence electrons. The largest absolute Gasteiger partial charge is 0.366 e. The zero-order valence-corrected chi connectivity index (χ0v) is 17.8. The smallest absolute Gasteiger partial charge is 0.278 e. The third kappa shape index (κ3) is 4.18. The molecule has 2 aromatic rings. The summed E-state index contributed by atoms with van der Waals surface area (Å²) in [5.41, 5.74) is 1.94. The molecule has 2 aliphatic rings. The molecule has 8 heteroatoms. The average molecular weight is 440 g/mol. The van der Waals surface area contributed by atoms with E-state index in [2.05, 4.69) is 6.92 Å². The molecule has 7 nitrogen and oxygen atoms in total. The van der Waals surface area contributed by atoms with Crippen molar-refractivity contribution in [3.63, 3.8) is 0 Å². The van der Waals surface area contributed by atoms with Gasteiger partial charge in [0.05, 0.1) is 17.0 Å². The molecular formula is C23H22ClN3O4. The lowest BCUT2D eigenvalue weighted by Crippen LogP contribution is -2.38. The van der Waals surface area contributed by atoms with Gasteiger partial charge in [0.1, 0.15) is 5.70 Å². The predicted molar refractivity (Wildman–Crippen MR) is 117 cm³/mol. The van der Waals surface area contributed by atoms with Crippen molar-refractivity contribution in [3.8, 4) is 0 Å². The SMILES string of the molecule is CC1CCN(C2=C(c3ccc([N+](=O)[O-])cc3)C(=O)N(Cc3ccc(Cl)cc3)C2=O)CC1. The van der Waals surface area contributed by atoms with E-state index in [1.54, 1.807) is 24.3 Å². The van der Waals surface area contributed by atoms with Crippen LogP contribution in [0.25, 0.3) is 5.57 Å². The van der Waals surface area contributed by atoms with Crippen LogP contribution in [-0.4, -0.2) is 39.6 Å². The Balaban J connectivity index is 1.71. The van der Waals surface area contributed by atoms with Crippen LogP contribution < -0.4 is 0 Å². The van der Waals surface area contributed by atoms with E-state index in [-0.39, 0.29) is 24.0 Å². The Labute approximate surface area is 185 Å². The van der Waals surface area contributed by atoms with Crippen LogP contribution in [0.2, 0.25) is 5.02 Å². The Bertz CT molecular complexity index is 1060.